The monoisotopic (exact) mass is 167 g/mol. The molecule has 1 aromatic heterocycles. The zero-order chi connectivity index (χ0) is 9.23. The minimum atomic E-state index is -0.359. The Balaban J connectivity index is 0.000000211. The van der Waals surface area contributed by atoms with Crippen LogP contribution in [-0.2, 0) is 9.53 Å². The molecule has 0 unspecified atom stereocenters. The van der Waals surface area contributed by atoms with Gasteiger partial charge in [-0.2, -0.15) is 0 Å². The molecule has 1 rings (SSSR count). The van der Waals surface area contributed by atoms with E-state index in [2.05, 4.69) is 16.3 Å². The Labute approximate surface area is 72.1 Å². The van der Waals surface area contributed by atoms with Gasteiger partial charge in [-0.15, -0.1) is 0 Å². The lowest BCUT2D eigenvalue weighted by Gasteiger charge is -1.90. The summed E-state index contributed by atoms with van der Waals surface area (Å²) in [7, 11) is 0. The van der Waals surface area contributed by atoms with Crippen LogP contribution >= 0.6 is 0 Å². The third-order valence-electron chi connectivity index (χ3n) is 0.949. The van der Waals surface area contributed by atoms with Gasteiger partial charge in [0, 0.05) is 18.5 Å². The molecule has 0 saturated heterocycles. The van der Waals surface area contributed by atoms with E-state index in [1.807, 2.05) is 24.5 Å². The first-order valence-corrected chi connectivity index (χ1v) is 3.68. The van der Waals surface area contributed by atoms with E-state index in [1.54, 1.807) is 6.92 Å². The van der Waals surface area contributed by atoms with Crippen molar-refractivity contribution in [3.8, 4) is 0 Å². The maximum absolute atomic E-state index is 10.1. The molecule has 12 heavy (non-hydrogen) atoms. The summed E-state index contributed by atoms with van der Waals surface area (Å²) in [5.41, 5.74) is 0. The van der Waals surface area contributed by atoms with E-state index in [0.717, 1.165) is 6.08 Å². The predicted octanol–water partition coefficient (Wildman–Crippen LogP) is 1.75. The van der Waals surface area contributed by atoms with Crippen molar-refractivity contribution in [1.82, 2.24) is 4.98 Å². The summed E-state index contributed by atoms with van der Waals surface area (Å²) in [6.45, 7) is 5.38. The number of carbonyl (C=O) groups excluding carboxylic acids is 1. The molecule has 0 aromatic carbocycles. The molecular weight excluding hydrogens is 154 g/mol. The highest BCUT2D eigenvalue weighted by Gasteiger charge is 1.86. The van der Waals surface area contributed by atoms with Crippen molar-refractivity contribution < 1.29 is 9.53 Å². The van der Waals surface area contributed by atoms with Crippen LogP contribution in [0.5, 0.6) is 0 Å². The molecule has 0 aliphatic heterocycles. The van der Waals surface area contributed by atoms with E-state index in [1.165, 1.54) is 0 Å². The Hall–Kier alpha value is -1.51. The number of rotatable bonds is 2. The van der Waals surface area contributed by atoms with Crippen molar-refractivity contribution in [1.29, 1.82) is 0 Å². The largest absolute Gasteiger partial charge is 0.463 e. The van der Waals surface area contributed by atoms with Crippen LogP contribution in [0.25, 0.3) is 0 Å². The first-order chi connectivity index (χ1) is 5.81. The van der Waals surface area contributed by atoms with Gasteiger partial charge in [0.25, 0.3) is 0 Å². The molecule has 66 valence electrons. The van der Waals surface area contributed by atoms with Gasteiger partial charge >= 0.3 is 5.97 Å². The third-order valence-corrected chi connectivity index (χ3v) is 0.949. The topological polar surface area (TPSA) is 42.1 Å². The highest BCUT2D eigenvalue weighted by Crippen LogP contribution is 1.74. The molecule has 0 radical (unpaired) electrons. The Morgan fingerprint density at radius 1 is 1.58 bits per heavy atom. The van der Waals surface area contributed by atoms with E-state index in [0.29, 0.717) is 6.61 Å². The lowest BCUT2D eigenvalue weighted by Crippen LogP contribution is -1.97. The zero-order valence-corrected chi connectivity index (χ0v) is 7.12. The van der Waals surface area contributed by atoms with Crippen molar-refractivity contribution in [2.45, 2.75) is 6.92 Å². The molecule has 3 heteroatoms. The molecule has 0 aliphatic carbocycles. The first kappa shape index (κ1) is 10.5. The van der Waals surface area contributed by atoms with Crippen LogP contribution in [0.2, 0.25) is 0 Å². The minimum Gasteiger partial charge on any atom is -0.463 e. The van der Waals surface area contributed by atoms with E-state index < -0.39 is 0 Å². The summed E-state index contributed by atoms with van der Waals surface area (Å²) in [6.07, 6.45) is 4.89. The van der Waals surface area contributed by atoms with Gasteiger partial charge in [0.15, 0.2) is 0 Å². The quantitative estimate of drug-likeness (QED) is 0.538. The summed E-state index contributed by atoms with van der Waals surface area (Å²) in [4.78, 5) is 12.9. The molecule has 3 nitrogen and oxygen atoms in total. The van der Waals surface area contributed by atoms with Crippen molar-refractivity contribution in [2.24, 2.45) is 0 Å². The van der Waals surface area contributed by atoms with Crippen LogP contribution in [0.4, 0.5) is 0 Å². The SMILES string of the molecule is C=CC(=O)OCC.c1cc[nH]c1. The maximum Gasteiger partial charge on any atom is 0.330 e. The van der Waals surface area contributed by atoms with Gasteiger partial charge in [0.1, 0.15) is 0 Å². The number of aromatic amines is 1. The van der Waals surface area contributed by atoms with E-state index in [-0.39, 0.29) is 5.97 Å². The zero-order valence-electron chi connectivity index (χ0n) is 7.12. The molecule has 0 fully saturated rings. The Morgan fingerprint density at radius 2 is 2.17 bits per heavy atom. The smallest absolute Gasteiger partial charge is 0.330 e. The van der Waals surface area contributed by atoms with Crippen molar-refractivity contribution in [2.75, 3.05) is 6.61 Å². The Kier molecular flexibility index (Phi) is 6.64. The van der Waals surface area contributed by atoms with Crippen molar-refractivity contribution >= 4 is 5.97 Å². The lowest BCUT2D eigenvalue weighted by atomic mass is 10.6. The molecule has 0 aliphatic rings. The van der Waals surface area contributed by atoms with Crippen LogP contribution in [0, 0.1) is 0 Å². The Bertz CT molecular complexity index is 187. The number of carbonyl (C=O) groups is 1. The third kappa shape index (κ3) is 6.61. The number of H-pyrrole nitrogens is 1. The summed E-state index contributed by atoms with van der Waals surface area (Å²) in [5, 5.41) is 0. The summed E-state index contributed by atoms with van der Waals surface area (Å²) >= 11 is 0. The highest BCUT2D eigenvalue weighted by molar-refractivity contribution is 5.81. The van der Waals surface area contributed by atoms with E-state index >= 15 is 0 Å². The molecule has 0 amide bonds. The molecular formula is C9H13NO2. The average Bonchev–Trinajstić information content (AvgIpc) is 2.62. The van der Waals surface area contributed by atoms with Crippen LogP contribution in [0.3, 0.4) is 0 Å². The number of nitrogens with one attached hydrogen (secondary N) is 1. The van der Waals surface area contributed by atoms with E-state index in [9.17, 15) is 4.79 Å². The first-order valence-electron chi connectivity index (χ1n) is 3.68. The lowest BCUT2D eigenvalue weighted by molar-refractivity contribution is -0.137. The number of hydrogen-bond acceptors (Lipinski definition) is 2. The second-order valence-electron chi connectivity index (χ2n) is 1.84. The molecule has 1 aromatic rings. The molecule has 0 spiro atoms. The van der Waals surface area contributed by atoms with Gasteiger partial charge in [-0.25, -0.2) is 4.79 Å². The van der Waals surface area contributed by atoms with Gasteiger partial charge < -0.3 is 9.72 Å². The molecule has 1 N–H and O–H groups in total. The molecule has 0 bridgehead atoms. The van der Waals surface area contributed by atoms with Gasteiger partial charge in [-0.05, 0) is 19.1 Å². The van der Waals surface area contributed by atoms with Crippen molar-refractivity contribution in [3.05, 3.63) is 37.2 Å². The fourth-order valence-electron chi connectivity index (χ4n) is 0.479. The number of ether oxygens (including phenoxy) is 1. The fraction of sp³-hybridized carbons (Fsp3) is 0.222. The van der Waals surface area contributed by atoms with Crippen LogP contribution in [0.1, 0.15) is 6.92 Å². The maximum atomic E-state index is 10.1. The number of aromatic nitrogens is 1. The fourth-order valence-corrected chi connectivity index (χ4v) is 0.479. The summed E-state index contributed by atoms with van der Waals surface area (Å²) < 4.78 is 4.43. The standard InChI is InChI=1S/C5H8O2.C4H5N/c1-3-5(6)7-4-2;1-2-4-5-3-1/h3H,1,4H2,2H3;1-5H. The Morgan fingerprint density at radius 3 is 2.33 bits per heavy atom. The van der Waals surface area contributed by atoms with E-state index in [4.69, 9.17) is 0 Å². The van der Waals surface area contributed by atoms with Gasteiger partial charge in [0.05, 0.1) is 6.61 Å². The van der Waals surface area contributed by atoms with Crippen molar-refractivity contribution in [3.63, 3.8) is 0 Å². The summed E-state index contributed by atoms with van der Waals surface area (Å²) in [5.74, 6) is -0.359. The minimum absolute atomic E-state index is 0.359. The number of hydrogen-bond donors (Lipinski definition) is 1. The summed E-state index contributed by atoms with van der Waals surface area (Å²) in [6, 6.07) is 3.89. The van der Waals surface area contributed by atoms with Gasteiger partial charge in [-0.1, -0.05) is 6.58 Å². The second-order valence-corrected chi connectivity index (χ2v) is 1.84. The number of esters is 1. The molecule has 0 saturated carbocycles. The predicted molar refractivity (Wildman–Crippen MR) is 47.6 cm³/mol. The van der Waals surface area contributed by atoms with Crippen LogP contribution in [0.15, 0.2) is 37.2 Å². The van der Waals surface area contributed by atoms with Crippen LogP contribution < -0.4 is 0 Å². The second kappa shape index (κ2) is 7.60. The average molecular weight is 167 g/mol. The van der Waals surface area contributed by atoms with Gasteiger partial charge in [0.2, 0.25) is 0 Å². The van der Waals surface area contributed by atoms with Crippen LogP contribution in [-0.4, -0.2) is 17.6 Å². The highest BCUT2D eigenvalue weighted by atomic mass is 16.5. The molecule has 1 heterocycles. The molecule has 0 atom stereocenters. The normalized spacial score (nSPS) is 7.75. The van der Waals surface area contributed by atoms with Gasteiger partial charge in [-0.3, -0.25) is 0 Å².